The van der Waals surface area contributed by atoms with E-state index in [0.29, 0.717) is 11.5 Å². The van der Waals surface area contributed by atoms with Gasteiger partial charge in [-0.2, -0.15) is 0 Å². The lowest BCUT2D eigenvalue weighted by Crippen LogP contribution is -2.30. The Morgan fingerprint density at radius 3 is 2.86 bits per heavy atom. The largest absolute Gasteiger partial charge is 0.481 e. The van der Waals surface area contributed by atoms with E-state index in [9.17, 15) is 9.59 Å². The molecule has 144 valence electrons. The van der Waals surface area contributed by atoms with Gasteiger partial charge >= 0.3 is 5.97 Å². The lowest BCUT2D eigenvalue weighted by Gasteiger charge is -2.37. The molecule has 1 amide bonds. The minimum Gasteiger partial charge on any atom is -0.481 e. The molecule has 2 aromatic carbocycles. The van der Waals surface area contributed by atoms with Crippen molar-refractivity contribution in [2.24, 2.45) is 5.92 Å². The first-order valence-electron chi connectivity index (χ1n) is 9.35. The average Bonchev–Trinajstić information content (AvgIpc) is 3.16. The monoisotopic (exact) mass is 440 g/mol. The average molecular weight is 441 g/mol. The third-order valence-electron chi connectivity index (χ3n) is 5.46. The van der Waals surface area contributed by atoms with E-state index in [1.54, 1.807) is 6.07 Å². The number of benzene rings is 2. The zero-order chi connectivity index (χ0) is 19.7. The molecule has 0 aromatic heterocycles. The quantitative estimate of drug-likeness (QED) is 0.598. The number of halogens is 1. The van der Waals surface area contributed by atoms with Gasteiger partial charge in [-0.05, 0) is 53.8 Å². The second-order valence-electron chi connectivity index (χ2n) is 7.23. The smallest absolute Gasteiger partial charge is 0.305 e. The maximum atomic E-state index is 12.4. The van der Waals surface area contributed by atoms with E-state index in [1.807, 2.05) is 18.2 Å². The minimum absolute atomic E-state index is 0.0833. The molecule has 6 heteroatoms. The van der Waals surface area contributed by atoms with Crippen LogP contribution in [0.15, 0.2) is 59.1 Å². The second-order valence-corrected chi connectivity index (χ2v) is 8.15. The first kappa shape index (κ1) is 18.7. The predicted octanol–water partition coefficient (Wildman–Crippen LogP) is 4.48. The van der Waals surface area contributed by atoms with Gasteiger partial charge in [0.15, 0.2) is 0 Å². The number of carbonyl (C=O) groups is 2. The van der Waals surface area contributed by atoms with Gasteiger partial charge in [-0.1, -0.05) is 40.2 Å². The highest BCUT2D eigenvalue weighted by Gasteiger charge is 2.38. The number of rotatable bonds is 5. The van der Waals surface area contributed by atoms with Crippen molar-refractivity contribution in [3.05, 3.63) is 75.8 Å². The van der Waals surface area contributed by atoms with Gasteiger partial charge in [0.25, 0.3) is 5.91 Å². The Morgan fingerprint density at radius 1 is 1.21 bits per heavy atom. The van der Waals surface area contributed by atoms with E-state index >= 15 is 0 Å². The Morgan fingerprint density at radius 2 is 2.07 bits per heavy atom. The van der Waals surface area contributed by atoms with Crippen molar-refractivity contribution in [2.75, 3.05) is 11.9 Å². The van der Waals surface area contributed by atoms with Crippen LogP contribution in [-0.4, -0.2) is 23.5 Å². The number of nitrogens with one attached hydrogen (secondary N) is 2. The van der Waals surface area contributed by atoms with E-state index in [-0.39, 0.29) is 30.8 Å². The summed E-state index contributed by atoms with van der Waals surface area (Å²) in [6, 6.07) is 14.3. The van der Waals surface area contributed by atoms with Crippen LogP contribution in [-0.2, 0) is 4.79 Å². The standard InChI is InChI=1S/C22H21BrN2O3/c23-15-4-1-3-13(11-15)21-17-6-2-5-16(17)18-12-14(7-8-19(18)25-21)22(28)24-10-9-20(26)27/h1-5,7-8,11-12,16-17,21,25H,6,9-10H2,(H,24,28)(H,26,27)/t16-,17-,21-/m1/s1. The molecule has 0 bridgehead atoms. The lowest BCUT2D eigenvalue weighted by molar-refractivity contribution is -0.136. The topological polar surface area (TPSA) is 78.4 Å². The number of fused-ring (bicyclic) bond motifs is 3. The molecule has 1 heterocycles. The molecule has 1 aliphatic carbocycles. The summed E-state index contributed by atoms with van der Waals surface area (Å²) in [5.74, 6) is -0.511. The number of hydrogen-bond donors (Lipinski definition) is 3. The fourth-order valence-electron chi connectivity index (χ4n) is 4.15. The summed E-state index contributed by atoms with van der Waals surface area (Å²) in [5.41, 5.74) is 3.97. The lowest BCUT2D eigenvalue weighted by atomic mass is 9.76. The van der Waals surface area contributed by atoms with Crippen LogP contribution in [0.4, 0.5) is 5.69 Å². The highest BCUT2D eigenvalue weighted by molar-refractivity contribution is 9.10. The zero-order valence-corrected chi connectivity index (χ0v) is 16.8. The van der Waals surface area contributed by atoms with Gasteiger partial charge in [0.05, 0.1) is 12.5 Å². The molecule has 0 spiro atoms. The molecule has 0 saturated carbocycles. The molecule has 0 unspecified atom stereocenters. The summed E-state index contributed by atoms with van der Waals surface area (Å²) in [4.78, 5) is 23.0. The van der Waals surface area contributed by atoms with E-state index in [0.717, 1.165) is 22.1 Å². The number of hydrogen-bond acceptors (Lipinski definition) is 3. The SMILES string of the molecule is O=C(O)CCNC(=O)c1ccc2c(c1)[C@@H]1C=CC[C@H]1[C@@H](c1cccc(Br)c1)N2. The molecule has 3 atom stereocenters. The van der Waals surface area contributed by atoms with Crippen LogP contribution >= 0.6 is 15.9 Å². The van der Waals surface area contributed by atoms with E-state index in [4.69, 9.17) is 5.11 Å². The van der Waals surface area contributed by atoms with Crippen molar-refractivity contribution >= 4 is 33.5 Å². The van der Waals surface area contributed by atoms with Crippen LogP contribution < -0.4 is 10.6 Å². The summed E-state index contributed by atoms with van der Waals surface area (Å²) in [5, 5.41) is 15.1. The molecule has 0 fully saturated rings. The van der Waals surface area contributed by atoms with Crippen molar-refractivity contribution in [2.45, 2.75) is 24.8 Å². The van der Waals surface area contributed by atoms with Crippen molar-refractivity contribution in [1.82, 2.24) is 5.32 Å². The van der Waals surface area contributed by atoms with Crippen LogP contribution in [0.1, 0.15) is 46.3 Å². The van der Waals surface area contributed by atoms with Gasteiger partial charge in [-0.3, -0.25) is 9.59 Å². The molecule has 28 heavy (non-hydrogen) atoms. The number of allylic oxidation sites excluding steroid dienone is 2. The molecular weight excluding hydrogens is 420 g/mol. The van der Waals surface area contributed by atoms with Gasteiger partial charge in [0.1, 0.15) is 0 Å². The number of amides is 1. The zero-order valence-electron chi connectivity index (χ0n) is 15.2. The Bertz CT molecular complexity index is 957. The summed E-state index contributed by atoms with van der Waals surface area (Å²) in [6.45, 7) is 0.125. The molecule has 2 aliphatic rings. The molecule has 5 nitrogen and oxygen atoms in total. The highest BCUT2D eigenvalue weighted by atomic mass is 79.9. The van der Waals surface area contributed by atoms with Gasteiger partial charge in [0, 0.05) is 28.2 Å². The Hall–Kier alpha value is -2.60. The molecule has 1 aliphatic heterocycles. The Balaban J connectivity index is 1.60. The van der Waals surface area contributed by atoms with Crippen molar-refractivity contribution in [1.29, 1.82) is 0 Å². The van der Waals surface area contributed by atoms with Gasteiger partial charge < -0.3 is 15.7 Å². The van der Waals surface area contributed by atoms with Crippen molar-refractivity contribution in [3.8, 4) is 0 Å². The number of carbonyl (C=O) groups excluding carboxylic acids is 1. The number of carboxylic acids is 1. The van der Waals surface area contributed by atoms with E-state index < -0.39 is 5.97 Å². The van der Waals surface area contributed by atoms with Gasteiger partial charge in [-0.25, -0.2) is 0 Å². The molecule has 2 aromatic rings. The van der Waals surface area contributed by atoms with E-state index in [2.05, 4.69) is 56.9 Å². The number of carboxylic acid groups (broad SMARTS) is 1. The molecule has 4 rings (SSSR count). The fraction of sp³-hybridized carbons (Fsp3) is 0.273. The molecule has 0 radical (unpaired) electrons. The minimum atomic E-state index is -0.924. The fourth-order valence-corrected chi connectivity index (χ4v) is 4.57. The Kier molecular flexibility index (Phi) is 5.22. The van der Waals surface area contributed by atoms with Crippen molar-refractivity contribution < 1.29 is 14.7 Å². The number of aliphatic carboxylic acids is 1. The summed E-state index contributed by atoms with van der Waals surface area (Å²) in [6.07, 6.45) is 5.36. The van der Waals surface area contributed by atoms with Crippen LogP contribution in [0.25, 0.3) is 0 Å². The maximum Gasteiger partial charge on any atom is 0.305 e. The summed E-state index contributed by atoms with van der Waals surface area (Å²) in [7, 11) is 0. The molecule has 3 N–H and O–H groups in total. The highest BCUT2D eigenvalue weighted by Crippen LogP contribution is 2.50. The van der Waals surface area contributed by atoms with Crippen molar-refractivity contribution in [3.63, 3.8) is 0 Å². The van der Waals surface area contributed by atoms with Crippen LogP contribution in [0.5, 0.6) is 0 Å². The third-order valence-corrected chi connectivity index (χ3v) is 5.95. The first-order chi connectivity index (χ1) is 13.5. The normalized spacial score (nSPS) is 22.1. The summed E-state index contributed by atoms with van der Waals surface area (Å²) < 4.78 is 1.06. The van der Waals surface area contributed by atoms with E-state index in [1.165, 1.54) is 5.56 Å². The summed E-state index contributed by atoms with van der Waals surface area (Å²) >= 11 is 3.56. The van der Waals surface area contributed by atoms with Crippen LogP contribution in [0.3, 0.4) is 0 Å². The predicted molar refractivity (Wildman–Crippen MR) is 112 cm³/mol. The number of anilines is 1. The first-order valence-corrected chi connectivity index (χ1v) is 10.1. The Labute approximate surface area is 172 Å². The second kappa shape index (κ2) is 7.80. The molecule has 0 saturated heterocycles. The van der Waals surface area contributed by atoms with Gasteiger partial charge in [0.2, 0.25) is 0 Å². The van der Waals surface area contributed by atoms with Crippen LogP contribution in [0.2, 0.25) is 0 Å². The van der Waals surface area contributed by atoms with Gasteiger partial charge in [-0.15, -0.1) is 0 Å². The molecular formula is C22H21BrN2O3. The van der Waals surface area contributed by atoms with Crippen LogP contribution in [0, 0.1) is 5.92 Å². The third kappa shape index (κ3) is 3.69. The maximum absolute atomic E-state index is 12.4.